The highest BCUT2D eigenvalue weighted by Crippen LogP contribution is 2.37. The second-order valence-corrected chi connectivity index (χ2v) is 7.79. The summed E-state index contributed by atoms with van der Waals surface area (Å²) in [7, 11) is 0. The van der Waals surface area contributed by atoms with Gasteiger partial charge in [0, 0.05) is 17.8 Å². The molecule has 0 saturated carbocycles. The van der Waals surface area contributed by atoms with Crippen molar-refractivity contribution in [2.75, 3.05) is 6.54 Å². The van der Waals surface area contributed by atoms with Crippen LogP contribution < -0.4 is 5.32 Å². The molecule has 2 aromatic carbocycles. The Morgan fingerprint density at radius 1 is 1.13 bits per heavy atom. The number of benzene rings is 2. The molecule has 3 aromatic rings. The second kappa shape index (κ2) is 7.99. The van der Waals surface area contributed by atoms with Crippen LogP contribution in [0.3, 0.4) is 0 Å². The summed E-state index contributed by atoms with van der Waals surface area (Å²) < 4.78 is 19.3. The van der Waals surface area contributed by atoms with E-state index in [0.717, 1.165) is 16.8 Å². The van der Waals surface area contributed by atoms with Crippen molar-refractivity contribution in [3.8, 4) is 11.4 Å². The molecule has 0 saturated heterocycles. The average molecular weight is 423 g/mol. The number of nitrogens with one attached hydrogen (secondary N) is 1. The van der Waals surface area contributed by atoms with Crippen molar-refractivity contribution in [1.82, 2.24) is 20.4 Å². The summed E-state index contributed by atoms with van der Waals surface area (Å²) in [5.41, 5.74) is 5.87. The predicted molar refractivity (Wildman–Crippen MR) is 119 cm³/mol. The number of nitrogens with zero attached hydrogens (tertiary/aromatic N) is 3. The van der Waals surface area contributed by atoms with Gasteiger partial charge in [-0.2, -0.15) is 4.98 Å². The number of aromatic nitrogens is 2. The molecule has 1 atom stereocenters. The van der Waals surface area contributed by atoms with E-state index in [1.165, 1.54) is 23.3 Å². The van der Waals surface area contributed by atoms with Crippen LogP contribution in [0.1, 0.15) is 42.5 Å². The van der Waals surface area contributed by atoms with Crippen molar-refractivity contribution in [3.05, 3.63) is 76.6 Å². The van der Waals surface area contributed by atoms with Crippen molar-refractivity contribution in [2.24, 2.45) is 0 Å². The van der Waals surface area contributed by atoms with E-state index in [-0.39, 0.29) is 11.9 Å². The molecule has 30 heavy (non-hydrogen) atoms. The van der Waals surface area contributed by atoms with Crippen molar-refractivity contribution >= 4 is 22.9 Å². The largest absolute Gasteiger partial charge is 0.351 e. The van der Waals surface area contributed by atoms with Crippen molar-refractivity contribution in [1.29, 1.82) is 0 Å². The lowest BCUT2D eigenvalue weighted by molar-refractivity contribution is 0.398. The molecule has 0 aliphatic carbocycles. The second-order valence-electron chi connectivity index (χ2n) is 7.40. The van der Waals surface area contributed by atoms with Crippen LogP contribution in [-0.4, -0.2) is 26.7 Å². The molecular weight excluding hydrogens is 399 g/mol. The first-order valence-electron chi connectivity index (χ1n) is 9.85. The normalized spacial score (nSPS) is 16.8. The van der Waals surface area contributed by atoms with Gasteiger partial charge in [0.2, 0.25) is 5.82 Å². The fourth-order valence-electron chi connectivity index (χ4n) is 3.71. The third-order valence-electron chi connectivity index (χ3n) is 5.52. The highest BCUT2D eigenvalue weighted by Gasteiger charge is 2.33. The maximum absolute atomic E-state index is 13.6. The Labute approximate surface area is 180 Å². The molecule has 7 heteroatoms. The minimum absolute atomic E-state index is 0.222. The van der Waals surface area contributed by atoms with Gasteiger partial charge < -0.3 is 14.7 Å². The van der Waals surface area contributed by atoms with E-state index in [1.54, 1.807) is 12.1 Å². The van der Waals surface area contributed by atoms with E-state index in [4.69, 9.17) is 16.7 Å². The summed E-state index contributed by atoms with van der Waals surface area (Å²) in [5, 5.41) is 8.19. The maximum Gasteiger partial charge on any atom is 0.258 e. The van der Waals surface area contributed by atoms with Crippen LogP contribution in [0, 0.1) is 19.7 Å². The van der Waals surface area contributed by atoms with Crippen LogP contribution in [0.2, 0.25) is 0 Å². The van der Waals surface area contributed by atoms with Crippen LogP contribution in [-0.2, 0) is 0 Å². The Balaban J connectivity index is 1.83. The predicted octanol–water partition coefficient (Wildman–Crippen LogP) is 5.17. The SMILES string of the molecule is CCN1C(=S)NC(c2ccc(C)c(C)c2)C(c2nc(-c3cccc(F)c3)no2)=C1C. The van der Waals surface area contributed by atoms with E-state index in [9.17, 15) is 4.39 Å². The number of hydrogen-bond acceptors (Lipinski definition) is 4. The highest BCUT2D eigenvalue weighted by atomic mass is 32.1. The van der Waals surface area contributed by atoms with E-state index in [1.807, 2.05) is 18.7 Å². The molecule has 1 unspecified atom stereocenters. The first kappa shape index (κ1) is 20.2. The first-order chi connectivity index (χ1) is 14.4. The van der Waals surface area contributed by atoms with E-state index in [0.29, 0.717) is 28.9 Å². The Hall–Kier alpha value is -3.06. The third kappa shape index (κ3) is 3.61. The van der Waals surface area contributed by atoms with Gasteiger partial charge in [-0.1, -0.05) is 35.5 Å². The number of aryl methyl sites for hydroxylation is 2. The number of allylic oxidation sites excluding steroid dienone is 1. The molecule has 0 fully saturated rings. The molecular formula is C23H23FN4OS. The molecule has 1 aromatic heterocycles. The molecule has 0 radical (unpaired) electrons. The minimum atomic E-state index is -0.343. The summed E-state index contributed by atoms with van der Waals surface area (Å²) in [5.74, 6) is 0.396. The van der Waals surface area contributed by atoms with Gasteiger partial charge in [0.1, 0.15) is 5.82 Å². The van der Waals surface area contributed by atoms with Gasteiger partial charge in [-0.05, 0) is 68.7 Å². The minimum Gasteiger partial charge on any atom is -0.351 e. The summed E-state index contributed by atoms with van der Waals surface area (Å²) in [6.45, 7) is 8.93. The van der Waals surface area contributed by atoms with Crippen LogP contribution >= 0.6 is 12.2 Å². The maximum atomic E-state index is 13.6. The van der Waals surface area contributed by atoms with E-state index < -0.39 is 0 Å². The van der Waals surface area contributed by atoms with Crippen LogP contribution in [0.4, 0.5) is 4.39 Å². The summed E-state index contributed by atoms with van der Waals surface area (Å²) in [4.78, 5) is 6.60. The van der Waals surface area contributed by atoms with Crippen LogP contribution in [0.5, 0.6) is 0 Å². The molecule has 154 valence electrons. The average Bonchev–Trinajstić information content (AvgIpc) is 3.19. The molecule has 1 aliphatic heterocycles. The highest BCUT2D eigenvalue weighted by molar-refractivity contribution is 7.80. The molecule has 4 rings (SSSR count). The number of rotatable bonds is 4. The van der Waals surface area contributed by atoms with Crippen LogP contribution in [0.25, 0.3) is 17.0 Å². The smallest absolute Gasteiger partial charge is 0.258 e. The fraction of sp³-hybridized carbons (Fsp3) is 0.261. The summed E-state index contributed by atoms with van der Waals surface area (Å²) in [6.07, 6.45) is 0. The molecule has 1 aliphatic rings. The van der Waals surface area contributed by atoms with Crippen molar-refractivity contribution < 1.29 is 8.91 Å². The van der Waals surface area contributed by atoms with Crippen molar-refractivity contribution in [3.63, 3.8) is 0 Å². The fourth-order valence-corrected chi connectivity index (χ4v) is 4.09. The summed E-state index contributed by atoms with van der Waals surface area (Å²) >= 11 is 5.61. The van der Waals surface area contributed by atoms with Gasteiger partial charge in [0.25, 0.3) is 5.89 Å². The Bertz CT molecular complexity index is 1150. The lowest BCUT2D eigenvalue weighted by Gasteiger charge is -2.36. The van der Waals surface area contributed by atoms with Gasteiger partial charge >= 0.3 is 0 Å². The third-order valence-corrected chi connectivity index (χ3v) is 5.85. The molecule has 0 bridgehead atoms. The van der Waals surface area contributed by atoms with Crippen molar-refractivity contribution in [2.45, 2.75) is 33.7 Å². The number of halogens is 1. The van der Waals surface area contributed by atoms with Gasteiger partial charge in [0.15, 0.2) is 5.11 Å². The topological polar surface area (TPSA) is 54.2 Å². The van der Waals surface area contributed by atoms with E-state index >= 15 is 0 Å². The van der Waals surface area contributed by atoms with E-state index in [2.05, 4.69) is 47.5 Å². The van der Waals surface area contributed by atoms with Gasteiger partial charge in [-0.25, -0.2) is 4.39 Å². The number of thiocarbonyl (C=S) groups is 1. The number of hydrogen-bond donors (Lipinski definition) is 1. The Morgan fingerprint density at radius 3 is 2.63 bits per heavy atom. The van der Waals surface area contributed by atoms with Gasteiger partial charge in [-0.3, -0.25) is 0 Å². The summed E-state index contributed by atoms with van der Waals surface area (Å²) in [6, 6.07) is 12.3. The lowest BCUT2D eigenvalue weighted by atomic mass is 9.92. The molecule has 5 nitrogen and oxygen atoms in total. The first-order valence-corrected chi connectivity index (χ1v) is 10.3. The molecule has 0 spiro atoms. The van der Waals surface area contributed by atoms with Crippen LogP contribution in [0.15, 0.2) is 52.7 Å². The van der Waals surface area contributed by atoms with Gasteiger partial charge in [0.05, 0.1) is 11.6 Å². The molecule has 0 amide bonds. The lowest BCUT2D eigenvalue weighted by Crippen LogP contribution is -2.45. The standard InChI is InChI=1S/C23H23FN4OS/c1-5-28-15(4)19(20(25-23(28)30)16-10-9-13(2)14(3)11-16)22-26-21(27-29-22)17-7-6-8-18(24)12-17/h6-12,20H,5H2,1-4H3,(H,25,30). The zero-order valence-corrected chi connectivity index (χ0v) is 18.2. The molecule has 1 N–H and O–H groups in total. The zero-order chi connectivity index (χ0) is 21.4. The van der Waals surface area contributed by atoms with Gasteiger partial charge in [-0.15, -0.1) is 0 Å². The Morgan fingerprint density at radius 2 is 1.93 bits per heavy atom. The Kier molecular flexibility index (Phi) is 5.39. The monoisotopic (exact) mass is 422 g/mol. The zero-order valence-electron chi connectivity index (χ0n) is 17.4. The quantitative estimate of drug-likeness (QED) is 0.585. The molecule has 2 heterocycles.